The highest BCUT2D eigenvalue weighted by atomic mass is 16.8. The van der Waals surface area contributed by atoms with Gasteiger partial charge in [0, 0.05) is 38.5 Å². The summed E-state index contributed by atoms with van der Waals surface area (Å²) in [6, 6.07) is 19.9. The zero-order valence-corrected chi connectivity index (χ0v) is 25.9. The number of nitrogens with zero attached hydrogens (tertiary/aromatic N) is 1. The number of piperidine rings is 1. The van der Waals surface area contributed by atoms with Crippen LogP contribution < -0.4 is 0 Å². The van der Waals surface area contributed by atoms with Crippen LogP contribution in [0.25, 0.3) is 0 Å². The third kappa shape index (κ3) is 7.26. The van der Waals surface area contributed by atoms with Crippen molar-refractivity contribution in [2.45, 2.75) is 114 Å². The molecular formula is C36H50NO6+. The molecule has 43 heavy (non-hydrogen) atoms. The molecule has 3 aliphatic rings. The maximum Gasteiger partial charge on any atom is 0.510 e. The summed E-state index contributed by atoms with van der Waals surface area (Å²) in [5.41, 5.74) is -0.321. The highest BCUT2D eigenvalue weighted by Crippen LogP contribution is 2.47. The molecule has 3 heterocycles. The van der Waals surface area contributed by atoms with Crippen LogP contribution in [0.5, 0.6) is 0 Å². The minimum absolute atomic E-state index is 0.155. The Morgan fingerprint density at radius 3 is 1.91 bits per heavy atom. The first-order valence-corrected chi connectivity index (χ1v) is 16.7. The molecule has 0 N–H and O–H groups in total. The van der Waals surface area contributed by atoms with Crippen LogP contribution in [-0.4, -0.2) is 61.3 Å². The Balaban J connectivity index is 1.25. The number of carbonyl (C=O) groups excluding carboxylic acids is 2. The van der Waals surface area contributed by atoms with Crippen molar-refractivity contribution in [2.24, 2.45) is 0 Å². The number of unbranched alkanes of at least 4 members (excludes halogenated alkanes) is 6. The van der Waals surface area contributed by atoms with E-state index in [4.69, 9.17) is 18.9 Å². The van der Waals surface area contributed by atoms with Crippen LogP contribution in [0.4, 0.5) is 4.79 Å². The summed E-state index contributed by atoms with van der Waals surface area (Å²) in [6.45, 7) is 4.61. The van der Waals surface area contributed by atoms with Gasteiger partial charge in [-0.25, -0.2) is 9.59 Å². The van der Waals surface area contributed by atoms with Crippen LogP contribution in [-0.2, 0) is 29.3 Å². The van der Waals surface area contributed by atoms with Crippen LogP contribution in [0.3, 0.4) is 0 Å². The Hall–Kier alpha value is -2.90. The van der Waals surface area contributed by atoms with Gasteiger partial charge in [-0.3, -0.25) is 0 Å². The van der Waals surface area contributed by atoms with E-state index in [9.17, 15) is 9.59 Å². The molecule has 2 unspecified atom stereocenters. The summed E-state index contributed by atoms with van der Waals surface area (Å²) in [5.74, 6) is -0.468. The van der Waals surface area contributed by atoms with Gasteiger partial charge >= 0.3 is 12.1 Å². The van der Waals surface area contributed by atoms with Gasteiger partial charge in [0.1, 0.15) is 6.10 Å². The molecule has 1 spiro atoms. The van der Waals surface area contributed by atoms with Gasteiger partial charge in [-0.05, 0) is 17.5 Å². The average molecular weight is 593 g/mol. The van der Waals surface area contributed by atoms with E-state index in [1.54, 1.807) is 0 Å². The summed E-state index contributed by atoms with van der Waals surface area (Å²) in [4.78, 5) is 26.8. The van der Waals surface area contributed by atoms with E-state index in [0.717, 1.165) is 32.1 Å². The average Bonchev–Trinajstić information content (AvgIpc) is 3.58. The largest absolute Gasteiger partial charge is 0.510 e. The molecule has 5 rings (SSSR count). The number of hydrogen-bond acceptors (Lipinski definition) is 6. The quantitative estimate of drug-likeness (QED) is 0.0915. The number of benzene rings is 2. The summed E-state index contributed by atoms with van der Waals surface area (Å²) in [7, 11) is 0. The van der Waals surface area contributed by atoms with E-state index < -0.39 is 24.5 Å². The summed E-state index contributed by atoms with van der Waals surface area (Å²) < 4.78 is 24.6. The first-order chi connectivity index (χ1) is 21.1. The Bertz CT molecular complexity index is 1090. The molecule has 234 valence electrons. The number of quaternary nitrogens is 1. The van der Waals surface area contributed by atoms with Crippen LogP contribution in [0.1, 0.15) is 102 Å². The minimum atomic E-state index is -1.59. The Morgan fingerprint density at radius 1 is 0.767 bits per heavy atom. The smallest absolute Gasteiger partial charge is 0.459 e. The topological polar surface area (TPSA) is 71.1 Å². The SMILES string of the molecule is CCCCCCCCCOC(=O)OCOC(C(=O)OC1CC2CCC(C1)[N+]21CCCC1)(c1ccccc1)c1ccccc1. The predicted octanol–water partition coefficient (Wildman–Crippen LogP) is 7.66. The zero-order valence-electron chi connectivity index (χ0n) is 25.9. The molecule has 0 aromatic heterocycles. The summed E-state index contributed by atoms with van der Waals surface area (Å²) in [6.07, 6.45) is 13.8. The van der Waals surface area contributed by atoms with Gasteiger partial charge in [0.25, 0.3) is 0 Å². The van der Waals surface area contributed by atoms with E-state index in [1.807, 2.05) is 60.7 Å². The normalized spacial score (nSPS) is 22.4. The van der Waals surface area contributed by atoms with Crippen molar-refractivity contribution in [3.8, 4) is 0 Å². The third-order valence-electron chi connectivity index (χ3n) is 10.1. The fraction of sp³-hybridized carbons (Fsp3) is 0.611. The van der Waals surface area contributed by atoms with E-state index in [2.05, 4.69) is 6.92 Å². The van der Waals surface area contributed by atoms with Gasteiger partial charge in [0.2, 0.25) is 5.60 Å². The van der Waals surface area contributed by atoms with E-state index in [0.29, 0.717) is 29.8 Å². The molecule has 2 bridgehead atoms. The monoisotopic (exact) mass is 592 g/mol. The molecule has 2 aromatic carbocycles. The number of esters is 1. The molecule has 7 heteroatoms. The van der Waals surface area contributed by atoms with Gasteiger partial charge in [0.05, 0.1) is 31.8 Å². The minimum Gasteiger partial charge on any atom is -0.459 e. The summed E-state index contributed by atoms with van der Waals surface area (Å²) in [5, 5.41) is 0. The van der Waals surface area contributed by atoms with Crippen molar-refractivity contribution in [1.29, 1.82) is 0 Å². The molecule has 0 aliphatic carbocycles. The molecule has 3 saturated heterocycles. The van der Waals surface area contributed by atoms with Crippen LogP contribution in [0, 0.1) is 0 Å². The fourth-order valence-electron chi connectivity index (χ4n) is 7.94. The van der Waals surface area contributed by atoms with Gasteiger partial charge in [-0.15, -0.1) is 0 Å². The second kappa shape index (κ2) is 15.2. The maximum atomic E-state index is 14.4. The lowest BCUT2D eigenvalue weighted by atomic mass is 9.85. The van der Waals surface area contributed by atoms with Crippen molar-refractivity contribution in [2.75, 3.05) is 26.5 Å². The Morgan fingerprint density at radius 2 is 1.33 bits per heavy atom. The van der Waals surface area contributed by atoms with Crippen LogP contribution in [0.2, 0.25) is 0 Å². The van der Waals surface area contributed by atoms with Crippen molar-refractivity contribution in [1.82, 2.24) is 0 Å². The predicted molar refractivity (Wildman–Crippen MR) is 165 cm³/mol. The second-order valence-electron chi connectivity index (χ2n) is 12.7. The maximum absolute atomic E-state index is 14.4. The van der Waals surface area contributed by atoms with Gasteiger partial charge < -0.3 is 23.4 Å². The van der Waals surface area contributed by atoms with E-state index >= 15 is 0 Å². The van der Waals surface area contributed by atoms with Crippen molar-refractivity contribution < 1.29 is 33.0 Å². The fourth-order valence-corrected chi connectivity index (χ4v) is 7.94. The highest BCUT2D eigenvalue weighted by Gasteiger charge is 2.57. The number of ether oxygens (including phenoxy) is 4. The van der Waals surface area contributed by atoms with Crippen molar-refractivity contribution in [3.05, 3.63) is 71.8 Å². The number of carbonyl (C=O) groups is 2. The lowest BCUT2D eigenvalue weighted by Gasteiger charge is -2.47. The molecule has 2 atom stereocenters. The van der Waals surface area contributed by atoms with Crippen LogP contribution in [0.15, 0.2) is 60.7 Å². The molecule has 0 radical (unpaired) electrons. The van der Waals surface area contributed by atoms with E-state index in [1.165, 1.54) is 68.9 Å². The Labute approximate surface area is 257 Å². The molecule has 2 aromatic rings. The Kier molecular flexibility index (Phi) is 11.1. The molecule has 7 nitrogen and oxygen atoms in total. The molecule has 3 aliphatic heterocycles. The number of rotatable bonds is 15. The number of hydrogen-bond donors (Lipinski definition) is 0. The lowest BCUT2D eigenvalue weighted by Crippen LogP contribution is -2.60. The molecule has 0 amide bonds. The first kappa shape index (κ1) is 31.5. The molecule has 0 saturated carbocycles. The van der Waals surface area contributed by atoms with Gasteiger partial charge in [0.15, 0.2) is 6.79 Å². The molecule has 3 fully saturated rings. The third-order valence-corrected chi connectivity index (χ3v) is 10.1. The zero-order chi connectivity index (χ0) is 30.0. The lowest BCUT2D eigenvalue weighted by molar-refractivity contribution is -0.956. The molecular weight excluding hydrogens is 542 g/mol. The van der Waals surface area contributed by atoms with Crippen molar-refractivity contribution in [3.63, 3.8) is 0 Å². The second-order valence-corrected chi connectivity index (χ2v) is 12.7. The van der Waals surface area contributed by atoms with Crippen LogP contribution >= 0.6 is 0 Å². The summed E-state index contributed by atoms with van der Waals surface area (Å²) >= 11 is 0. The standard InChI is InChI=1S/C36H50NO6/c1-2-3-4-5-6-7-16-25-40-35(39)41-28-42-36(29-17-10-8-11-18-29,30-19-12-9-13-20-30)34(38)43-33-26-31-21-22-32(27-33)37(31)23-14-15-24-37/h8-13,17-20,31-33H,2-7,14-16,21-28H2,1H3/q+1. The van der Waals surface area contributed by atoms with E-state index in [-0.39, 0.29) is 6.10 Å². The highest BCUT2D eigenvalue weighted by molar-refractivity contribution is 5.86. The van der Waals surface area contributed by atoms with Crippen molar-refractivity contribution >= 4 is 12.1 Å². The van der Waals surface area contributed by atoms with Gasteiger partial charge in [-0.2, -0.15) is 0 Å². The first-order valence-electron chi connectivity index (χ1n) is 16.7. The van der Waals surface area contributed by atoms with Gasteiger partial charge in [-0.1, -0.05) is 106 Å².